The molecule has 0 spiro atoms. The Balaban J connectivity index is 1.70. The van der Waals surface area contributed by atoms with Crippen LogP contribution in [0, 0.1) is 0 Å². The second-order valence-corrected chi connectivity index (χ2v) is 6.81. The first-order valence-corrected chi connectivity index (χ1v) is 8.76. The van der Waals surface area contributed by atoms with Gasteiger partial charge in [-0.1, -0.05) is 30.3 Å². The SMILES string of the molecule is Cn1cc(C(=O)Nc2cccc(CS(=O)c3ccccc3)c2)cn1. The van der Waals surface area contributed by atoms with Crippen molar-refractivity contribution in [2.24, 2.45) is 7.05 Å². The van der Waals surface area contributed by atoms with Crippen LogP contribution in [-0.2, 0) is 23.6 Å². The summed E-state index contributed by atoms with van der Waals surface area (Å²) in [6, 6.07) is 16.7. The fourth-order valence-electron chi connectivity index (χ4n) is 2.29. The predicted octanol–water partition coefficient (Wildman–Crippen LogP) is 2.98. The van der Waals surface area contributed by atoms with Crippen LogP contribution in [0.4, 0.5) is 5.69 Å². The van der Waals surface area contributed by atoms with Crippen molar-refractivity contribution in [3.63, 3.8) is 0 Å². The van der Waals surface area contributed by atoms with E-state index >= 15 is 0 Å². The van der Waals surface area contributed by atoms with Crippen molar-refractivity contribution in [1.29, 1.82) is 0 Å². The van der Waals surface area contributed by atoms with Gasteiger partial charge in [0.05, 0.1) is 28.3 Å². The highest BCUT2D eigenvalue weighted by molar-refractivity contribution is 7.84. The highest BCUT2D eigenvalue weighted by atomic mass is 32.2. The number of benzene rings is 2. The van der Waals surface area contributed by atoms with Crippen molar-refractivity contribution in [2.45, 2.75) is 10.6 Å². The van der Waals surface area contributed by atoms with E-state index in [4.69, 9.17) is 0 Å². The molecule has 1 unspecified atom stereocenters. The molecule has 1 heterocycles. The van der Waals surface area contributed by atoms with Crippen LogP contribution in [0.2, 0.25) is 0 Å². The van der Waals surface area contributed by atoms with Crippen molar-refractivity contribution in [3.8, 4) is 0 Å². The molecule has 1 N–H and O–H groups in total. The zero-order chi connectivity index (χ0) is 16.9. The molecule has 0 saturated heterocycles. The minimum absolute atomic E-state index is 0.218. The molecule has 3 rings (SSSR count). The number of hydrogen-bond acceptors (Lipinski definition) is 3. The number of aryl methyl sites for hydroxylation is 1. The molecule has 2 aromatic carbocycles. The summed E-state index contributed by atoms with van der Waals surface area (Å²) < 4.78 is 14.0. The molecule has 0 radical (unpaired) electrons. The molecule has 1 aromatic heterocycles. The second-order valence-electron chi connectivity index (χ2n) is 5.36. The Labute approximate surface area is 142 Å². The maximum atomic E-state index is 12.4. The van der Waals surface area contributed by atoms with E-state index in [-0.39, 0.29) is 5.91 Å². The van der Waals surface area contributed by atoms with Gasteiger partial charge >= 0.3 is 0 Å². The summed E-state index contributed by atoms with van der Waals surface area (Å²) in [4.78, 5) is 13.0. The predicted molar refractivity (Wildman–Crippen MR) is 94.2 cm³/mol. The van der Waals surface area contributed by atoms with Crippen molar-refractivity contribution < 1.29 is 9.00 Å². The van der Waals surface area contributed by atoms with Gasteiger partial charge in [0.1, 0.15) is 0 Å². The fourth-order valence-corrected chi connectivity index (χ4v) is 3.40. The molecule has 0 saturated carbocycles. The van der Waals surface area contributed by atoms with E-state index in [1.807, 2.05) is 54.6 Å². The highest BCUT2D eigenvalue weighted by Crippen LogP contribution is 2.16. The number of hydrogen-bond donors (Lipinski definition) is 1. The summed E-state index contributed by atoms with van der Waals surface area (Å²) in [5.41, 5.74) is 2.07. The lowest BCUT2D eigenvalue weighted by atomic mass is 10.2. The number of nitrogens with zero attached hydrogens (tertiary/aromatic N) is 2. The summed E-state index contributed by atoms with van der Waals surface area (Å²) in [6.45, 7) is 0. The molecule has 5 nitrogen and oxygen atoms in total. The van der Waals surface area contributed by atoms with Gasteiger partial charge in [-0.25, -0.2) is 0 Å². The first-order chi connectivity index (χ1) is 11.6. The van der Waals surface area contributed by atoms with E-state index in [1.165, 1.54) is 6.20 Å². The van der Waals surface area contributed by atoms with Crippen molar-refractivity contribution in [3.05, 3.63) is 78.1 Å². The molecule has 0 aliphatic heterocycles. The topological polar surface area (TPSA) is 64.0 Å². The van der Waals surface area contributed by atoms with Crippen molar-refractivity contribution in [2.75, 3.05) is 5.32 Å². The normalized spacial score (nSPS) is 11.9. The van der Waals surface area contributed by atoms with Crippen LogP contribution in [0.15, 0.2) is 71.9 Å². The molecule has 0 bridgehead atoms. The van der Waals surface area contributed by atoms with Gasteiger partial charge in [0.25, 0.3) is 5.91 Å². The van der Waals surface area contributed by atoms with E-state index in [9.17, 15) is 9.00 Å². The molecule has 0 aliphatic rings. The van der Waals surface area contributed by atoms with Crippen LogP contribution >= 0.6 is 0 Å². The maximum Gasteiger partial charge on any atom is 0.258 e. The fraction of sp³-hybridized carbons (Fsp3) is 0.111. The van der Waals surface area contributed by atoms with Gasteiger partial charge in [-0.3, -0.25) is 13.7 Å². The molecular formula is C18H17N3O2S. The van der Waals surface area contributed by atoms with Crippen LogP contribution in [0.3, 0.4) is 0 Å². The standard InChI is InChI=1S/C18H17N3O2S/c1-21-12-15(11-19-21)18(22)20-16-7-5-6-14(10-16)13-24(23)17-8-3-2-4-9-17/h2-12H,13H2,1H3,(H,20,22). The Morgan fingerprint density at radius 3 is 2.67 bits per heavy atom. The average molecular weight is 339 g/mol. The molecule has 1 amide bonds. The zero-order valence-corrected chi connectivity index (χ0v) is 14.0. The average Bonchev–Trinajstić information content (AvgIpc) is 3.02. The van der Waals surface area contributed by atoms with Gasteiger partial charge in [-0.2, -0.15) is 5.10 Å². The lowest BCUT2D eigenvalue weighted by molar-refractivity contribution is 0.102. The largest absolute Gasteiger partial charge is 0.322 e. The van der Waals surface area contributed by atoms with Crippen molar-refractivity contribution in [1.82, 2.24) is 9.78 Å². The first kappa shape index (κ1) is 16.1. The zero-order valence-electron chi connectivity index (χ0n) is 13.2. The molecular weight excluding hydrogens is 322 g/mol. The van der Waals surface area contributed by atoms with Crippen LogP contribution in [0.25, 0.3) is 0 Å². The molecule has 24 heavy (non-hydrogen) atoms. The van der Waals surface area contributed by atoms with Crippen LogP contribution < -0.4 is 5.32 Å². The molecule has 0 aliphatic carbocycles. The van der Waals surface area contributed by atoms with Crippen LogP contribution in [-0.4, -0.2) is 19.9 Å². The molecule has 122 valence electrons. The molecule has 3 aromatic rings. The molecule has 6 heteroatoms. The number of carbonyl (C=O) groups is 1. The summed E-state index contributed by atoms with van der Waals surface area (Å²) in [5, 5.41) is 6.82. The Kier molecular flexibility index (Phi) is 4.86. The van der Waals surface area contributed by atoms with E-state index < -0.39 is 10.8 Å². The minimum atomic E-state index is -1.11. The summed E-state index contributed by atoms with van der Waals surface area (Å²) >= 11 is 0. The third kappa shape index (κ3) is 3.97. The number of nitrogens with one attached hydrogen (secondary N) is 1. The lowest BCUT2D eigenvalue weighted by Crippen LogP contribution is -2.11. The highest BCUT2D eigenvalue weighted by Gasteiger charge is 2.09. The quantitative estimate of drug-likeness (QED) is 0.777. The Morgan fingerprint density at radius 2 is 1.96 bits per heavy atom. The monoisotopic (exact) mass is 339 g/mol. The van der Waals surface area contributed by atoms with E-state index in [0.717, 1.165) is 10.5 Å². The first-order valence-electron chi connectivity index (χ1n) is 7.44. The van der Waals surface area contributed by atoms with Gasteiger partial charge in [0.15, 0.2) is 0 Å². The van der Waals surface area contributed by atoms with E-state index in [2.05, 4.69) is 10.4 Å². The third-order valence-corrected chi connectivity index (χ3v) is 4.85. The third-order valence-electron chi connectivity index (χ3n) is 3.46. The Morgan fingerprint density at radius 1 is 1.17 bits per heavy atom. The molecule has 0 fully saturated rings. The lowest BCUT2D eigenvalue weighted by Gasteiger charge is -2.07. The number of carbonyl (C=O) groups excluding carboxylic acids is 1. The smallest absolute Gasteiger partial charge is 0.258 e. The van der Waals surface area contributed by atoms with E-state index in [0.29, 0.717) is 17.0 Å². The van der Waals surface area contributed by atoms with Gasteiger partial charge in [-0.15, -0.1) is 0 Å². The Hall–Kier alpha value is -2.73. The Bertz CT molecular complexity index is 875. The maximum absolute atomic E-state index is 12.4. The summed E-state index contributed by atoms with van der Waals surface area (Å²) in [7, 11) is 0.646. The van der Waals surface area contributed by atoms with Gasteiger partial charge < -0.3 is 5.32 Å². The number of amides is 1. The van der Waals surface area contributed by atoms with Gasteiger partial charge in [-0.05, 0) is 29.8 Å². The van der Waals surface area contributed by atoms with Crippen molar-refractivity contribution >= 4 is 22.4 Å². The minimum Gasteiger partial charge on any atom is -0.322 e. The van der Waals surface area contributed by atoms with Gasteiger partial charge in [0, 0.05) is 23.8 Å². The number of rotatable bonds is 5. The second kappa shape index (κ2) is 7.23. The van der Waals surface area contributed by atoms with Crippen LogP contribution in [0.5, 0.6) is 0 Å². The van der Waals surface area contributed by atoms with Crippen LogP contribution in [0.1, 0.15) is 15.9 Å². The van der Waals surface area contributed by atoms with E-state index in [1.54, 1.807) is 17.9 Å². The van der Waals surface area contributed by atoms with Gasteiger partial charge in [0.2, 0.25) is 0 Å². The number of anilines is 1. The molecule has 1 atom stereocenters. The summed E-state index contributed by atoms with van der Waals surface area (Å²) in [6.07, 6.45) is 3.17. The summed E-state index contributed by atoms with van der Waals surface area (Å²) in [5.74, 6) is 0.185. The number of aromatic nitrogens is 2.